The predicted octanol–water partition coefficient (Wildman–Crippen LogP) is 4.50. The van der Waals surface area contributed by atoms with Crippen molar-refractivity contribution in [3.63, 3.8) is 0 Å². The Morgan fingerprint density at radius 2 is 1.76 bits per heavy atom. The molecule has 29 heavy (non-hydrogen) atoms. The Hall–Kier alpha value is -2.99. The Bertz CT molecular complexity index is 921. The van der Waals surface area contributed by atoms with E-state index in [1.54, 1.807) is 32.9 Å². The van der Waals surface area contributed by atoms with Crippen molar-refractivity contribution in [3.05, 3.63) is 76.0 Å². The van der Waals surface area contributed by atoms with E-state index in [9.17, 15) is 9.59 Å². The van der Waals surface area contributed by atoms with Gasteiger partial charge in [-0.3, -0.25) is 0 Å². The molecule has 0 bridgehead atoms. The molecular formula is C22H23ClN2O4. The zero-order valence-corrected chi connectivity index (χ0v) is 17.2. The Morgan fingerprint density at radius 3 is 2.38 bits per heavy atom. The standard InChI is InChI=1S/C22H23ClN2O4/c1-13(2)29-21(26)19-14(3)24-22(27)25-20(19)16-6-10-18(11-7-16)28-12-15-4-8-17(23)9-5-15/h4-11,13,20H,12H2,1-3H3,(H2,24,25,27). The van der Waals surface area contributed by atoms with Gasteiger partial charge in [0.25, 0.3) is 0 Å². The lowest BCUT2D eigenvalue weighted by Gasteiger charge is -2.28. The van der Waals surface area contributed by atoms with E-state index in [1.165, 1.54) is 0 Å². The average Bonchev–Trinajstić information content (AvgIpc) is 2.66. The zero-order chi connectivity index (χ0) is 21.0. The molecule has 0 aromatic heterocycles. The van der Waals surface area contributed by atoms with Crippen LogP contribution in [0.2, 0.25) is 5.02 Å². The summed E-state index contributed by atoms with van der Waals surface area (Å²) in [5.74, 6) is 0.217. The van der Waals surface area contributed by atoms with E-state index in [1.807, 2.05) is 36.4 Å². The first kappa shape index (κ1) is 20.7. The molecule has 2 N–H and O–H groups in total. The van der Waals surface area contributed by atoms with Crippen LogP contribution in [0.4, 0.5) is 4.79 Å². The Labute approximate surface area is 174 Å². The van der Waals surface area contributed by atoms with Crippen LogP contribution in [0, 0.1) is 0 Å². The van der Waals surface area contributed by atoms with Crippen LogP contribution in [0.3, 0.4) is 0 Å². The molecular weight excluding hydrogens is 392 g/mol. The molecule has 1 aliphatic rings. The Kier molecular flexibility index (Phi) is 6.44. The van der Waals surface area contributed by atoms with Crippen molar-refractivity contribution in [2.45, 2.75) is 39.5 Å². The van der Waals surface area contributed by atoms with Crippen LogP contribution in [0.25, 0.3) is 0 Å². The van der Waals surface area contributed by atoms with Gasteiger partial charge in [-0.15, -0.1) is 0 Å². The van der Waals surface area contributed by atoms with Crippen molar-refractivity contribution < 1.29 is 19.1 Å². The molecule has 2 amide bonds. The molecule has 0 radical (unpaired) electrons. The van der Waals surface area contributed by atoms with Gasteiger partial charge in [-0.05, 0) is 56.2 Å². The number of hydrogen-bond acceptors (Lipinski definition) is 4. The lowest BCUT2D eigenvalue weighted by Crippen LogP contribution is -2.45. The maximum atomic E-state index is 12.6. The highest BCUT2D eigenvalue weighted by molar-refractivity contribution is 6.30. The number of allylic oxidation sites excluding steroid dienone is 1. The van der Waals surface area contributed by atoms with Crippen molar-refractivity contribution in [1.82, 2.24) is 10.6 Å². The SMILES string of the molecule is CC1=C(C(=O)OC(C)C)C(c2ccc(OCc3ccc(Cl)cc3)cc2)NC(=O)N1. The fourth-order valence-corrected chi connectivity index (χ4v) is 3.12. The first-order valence-electron chi connectivity index (χ1n) is 9.30. The summed E-state index contributed by atoms with van der Waals surface area (Å²) in [5, 5.41) is 6.10. The number of amides is 2. The highest BCUT2D eigenvalue weighted by Gasteiger charge is 2.32. The van der Waals surface area contributed by atoms with Crippen molar-refractivity contribution >= 4 is 23.6 Å². The maximum Gasteiger partial charge on any atom is 0.338 e. The maximum absolute atomic E-state index is 12.6. The molecule has 6 nitrogen and oxygen atoms in total. The van der Waals surface area contributed by atoms with E-state index in [-0.39, 0.29) is 12.1 Å². The van der Waals surface area contributed by atoms with Crippen LogP contribution in [0.5, 0.6) is 5.75 Å². The zero-order valence-electron chi connectivity index (χ0n) is 16.5. The Balaban J connectivity index is 1.75. The third kappa shape index (κ3) is 5.29. The van der Waals surface area contributed by atoms with Gasteiger partial charge in [-0.2, -0.15) is 0 Å². The van der Waals surface area contributed by atoms with Crippen LogP contribution < -0.4 is 15.4 Å². The lowest BCUT2D eigenvalue weighted by atomic mass is 9.95. The quantitative estimate of drug-likeness (QED) is 0.682. The molecule has 1 heterocycles. The van der Waals surface area contributed by atoms with Crippen molar-refractivity contribution in [2.24, 2.45) is 0 Å². The molecule has 1 atom stereocenters. The molecule has 0 spiro atoms. The van der Waals surface area contributed by atoms with Gasteiger partial charge in [0.05, 0.1) is 17.7 Å². The third-order valence-corrected chi connectivity index (χ3v) is 4.62. The van der Waals surface area contributed by atoms with Gasteiger partial charge in [-0.1, -0.05) is 35.9 Å². The molecule has 0 saturated carbocycles. The number of carbonyl (C=O) groups excluding carboxylic acids is 2. The third-order valence-electron chi connectivity index (χ3n) is 4.36. The van der Waals surface area contributed by atoms with Crippen LogP contribution in [0.15, 0.2) is 59.8 Å². The second-order valence-electron chi connectivity index (χ2n) is 7.01. The molecule has 1 unspecified atom stereocenters. The number of benzene rings is 2. The van der Waals surface area contributed by atoms with E-state index in [0.717, 1.165) is 11.1 Å². The van der Waals surface area contributed by atoms with Crippen LogP contribution in [-0.2, 0) is 16.1 Å². The summed E-state index contributed by atoms with van der Waals surface area (Å²) in [5.41, 5.74) is 2.62. The number of nitrogens with one attached hydrogen (secondary N) is 2. The number of rotatable bonds is 6. The minimum Gasteiger partial charge on any atom is -0.489 e. The largest absolute Gasteiger partial charge is 0.489 e. The van der Waals surface area contributed by atoms with E-state index in [4.69, 9.17) is 21.1 Å². The van der Waals surface area contributed by atoms with Crippen LogP contribution in [0.1, 0.15) is 37.9 Å². The fourth-order valence-electron chi connectivity index (χ4n) is 3.00. The van der Waals surface area contributed by atoms with Crippen LogP contribution >= 0.6 is 11.6 Å². The number of esters is 1. The van der Waals surface area contributed by atoms with Crippen molar-refractivity contribution in [1.29, 1.82) is 0 Å². The second kappa shape index (κ2) is 9.01. The first-order valence-corrected chi connectivity index (χ1v) is 9.67. The summed E-state index contributed by atoms with van der Waals surface area (Å²) in [6.07, 6.45) is -0.260. The van der Waals surface area contributed by atoms with E-state index < -0.39 is 12.0 Å². The van der Waals surface area contributed by atoms with Gasteiger partial charge in [0, 0.05) is 10.7 Å². The van der Waals surface area contributed by atoms with Crippen LogP contribution in [-0.4, -0.2) is 18.1 Å². The molecule has 0 aliphatic carbocycles. The minimum atomic E-state index is -0.597. The van der Waals surface area contributed by atoms with E-state index >= 15 is 0 Å². The summed E-state index contributed by atoms with van der Waals surface area (Å²) >= 11 is 5.89. The number of urea groups is 1. The van der Waals surface area contributed by atoms with E-state index in [2.05, 4.69) is 10.6 Å². The fraction of sp³-hybridized carbons (Fsp3) is 0.273. The number of carbonyl (C=O) groups is 2. The smallest absolute Gasteiger partial charge is 0.338 e. The van der Waals surface area contributed by atoms with Crippen molar-refractivity contribution in [3.8, 4) is 5.75 Å². The number of ether oxygens (including phenoxy) is 2. The van der Waals surface area contributed by atoms with Gasteiger partial charge >= 0.3 is 12.0 Å². The van der Waals surface area contributed by atoms with Gasteiger partial charge in [-0.25, -0.2) is 9.59 Å². The molecule has 152 valence electrons. The topological polar surface area (TPSA) is 76.7 Å². The minimum absolute atomic E-state index is 0.260. The predicted molar refractivity (Wildman–Crippen MR) is 111 cm³/mol. The summed E-state index contributed by atoms with van der Waals surface area (Å²) < 4.78 is 11.1. The number of halogens is 1. The average molecular weight is 415 g/mol. The molecule has 1 aliphatic heterocycles. The molecule has 7 heteroatoms. The van der Waals surface area contributed by atoms with Gasteiger partial charge < -0.3 is 20.1 Å². The summed E-state index contributed by atoms with van der Waals surface area (Å²) in [6, 6.07) is 13.7. The first-order chi connectivity index (χ1) is 13.8. The molecule has 2 aromatic rings. The molecule has 2 aromatic carbocycles. The normalized spacial score (nSPS) is 16.3. The van der Waals surface area contributed by atoms with Gasteiger partial charge in [0.15, 0.2) is 0 Å². The van der Waals surface area contributed by atoms with Gasteiger partial charge in [0.1, 0.15) is 12.4 Å². The lowest BCUT2D eigenvalue weighted by molar-refractivity contribution is -0.143. The second-order valence-corrected chi connectivity index (χ2v) is 7.44. The summed E-state index contributed by atoms with van der Waals surface area (Å²) in [4.78, 5) is 24.5. The Morgan fingerprint density at radius 1 is 1.10 bits per heavy atom. The summed E-state index contributed by atoms with van der Waals surface area (Å²) in [6.45, 7) is 5.66. The molecule has 3 rings (SSSR count). The monoisotopic (exact) mass is 414 g/mol. The molecule has 0 fully saturated rings. The highest BCUT2D eigenvalue weighted by Crippen LogP contribution is 2.29. The number of hydrogen-bond donors (Lipinski definition) is 2. The van der Waals surface area contributed by atoms with Crippen molar-refractivity contribution in [2.75, 3.05) is 0 Å². The van der Waals surface area contributed by atoms with Gasteiger partial charge in [0.2, 0.25) is 0 Å². The van der Waals surface area contributed by atoms with E-state index in [0.29, 0.717) is 28.6 Å². The summed E-state index contributed by atoms with van der Waals surface area (Å²) in [7, 11) is 0. The molecule has 0 saturated heterocycles. The highest BCUT2D eigenvalue weighted by atomic mass is 35.5.